The fourth-order valence-corrected chi connectivity index (χ4v) is 17.4. The number of fused-ring (bicyclic) bond motifs is 6. The number of carbonyl (C=O) groups excluding carboxylic acids is 2. The lowest BCUT2D eigenvalue weighted by Gasteiger charge is -2.33. The Bertz CT molecular complexity index is 4600. The molecule has 9 aromatic rings. The van der Waals surface area contributed by atoms with Crippen molar-refractivity contribution in [1.29, 1.82) is 0 Å². The van der Waals surface area contributed by atoms with E-state index in [-0.39, 0.29) is 47.6 Å². The van der Waals surface area contributed by atoms with Gasteiger partial charge in [0, 0.05) is 101 Å². The van der Waals surface area contributed by atoms with Crippen molar-refractivity contribution >= 4 is 123 Å². The zero-order chi connectivity index (χ0) is 72.7. The molecular formula is C77H75Cl6FIN9O12. The maximum absolute atomic E-state index is 12.2. The normalized spacial score (nSPS) is 22.8. The van der Waals surface area contributed by atoms with Gasteiger partial charge in [0.25, 0.3) is 0 Å². The summed E-state index contributed by atoms with van der Waals surface area (Å²) in [6, 6.07) is 27.2. The average molecular weight is 1680 g/mol. The third-order valence-corrected chi connectivity index (χ3v) is 23.3. The van der Waals surface area contributed by atoms with Gasteiger partial charge in [0.2, 0.25) is 0 Å². The molecule has 0 unspecified atom stereocenters. The van der Waals surface area contributed by atoms with Crippen molar-refractivity contribution in [2.45, 2.75) is 151 Å². The molecule has 18 rings (SSSR count). The fraction of sp³-hybridized carbons (Fsp3) is 0.416. The van der Waals surface area contributed by atoms with Crippen molar-refractivity contribution in [1.82, 2.24) is 35.7 Å². The monoisotopic (exact) mass is 1670 g/mol. The molecule has 21 nitrogen and oxygen atoms in total. The van der Waals surface area contributed by atoms with Crippen LogP contribution >= 0.6 is 93.6 Å². The van der Waals surface area contributed by atoms with Crippen LogP contribution in [0.1, 0.15) is 160 Å². The number of hydrogen-bond acceptors (Lipinski definition) is 20. The Morgan fingerprint density at radius 2 is 0.858 bits per heavy atom. The Labute approximate surface area is 657 Å². The number of rotatable bonds is 20. The van der Waals surface area contributed by atoms with Crippen molar-refractivity contribution in [3.8, 4) is 33.8 Å². The predicted molar refractivity (Wildman–Crippen MR) is 407 cm³/mol. The van der Waals surface area contributed by atoms with E-state index in [0.717, 1.165) is 159 Å². The molecule has 6 bridgehead atoms. The van der Waals surface area contributed by atoms with Crippen LogP contribution in [0.3, 0.4) is 0 Å². The number of aromatic carboxylic acids is 1. The Kier molecular flexibility index (Phi) is 23.6. The summed E-state index contributed by atoms with van der Waals surface area (Å²) >= 11 is 38.7. The number of esters is 2. The van der Waals surface area contributed by atoms with Gasteiger partial charge in [0.15, 0.2) is 0 Å². The number of ether oxygens (including phenoxy) is 5. The van der Waals surface area contributed by atoms with Crippen molar-refractivity contribution in [2.24, 2.45) is 17.8 Å². The minimum Gasteiger partial charge on any atom is -0.477 e. The first-order valence-electron chi connectivity index (χ1n) is 35.3. The molecule has 2 N–H and O–H groups in total. The average Bonchev–Trinajstić information content (AvgIpc) is 1.63. The van der Waals surface area contributed by atoms with Crippen LogP contribution in [0.4, 0.5) is 15.8 Å². The number of benzene rings is 3. The van der Waals surface area contributed by atoms with Gasteiger partial charge in [-0.2, -0.15) is 0 Å². The van der Waals surface area contributed by atoms with Crippen LogP contribution in [0, 0.1) is 23.6 Å². The fourth-order valence-electron chi connectivity index (χ4n) is 15.6. The molecule has 3 aromatic carbocycles. The zero-order valence-electron chi connectivity index (χ0n) is 57.6. The molecule has 6 saturated carbocycles. The topological polar surface area (TPSA) is 253 Å². The van der Waals surface area contributed by atoms with Crippen LogP contribution in [0.25, 0.3) is 33.8 Å². The number of halogens is 8. The second-order valence-electron chi connectivity index (χ2n) is 28.1. The summed E-state index contributed by atoms with van der Waals surface area (Å²) < 4.78 is 57.9. The molecule has 3 saturated heterocycles. The lowest BCUT2D eigenvalue weighted by atomic mass is 10.0. The summed E-state index contributed by atoms with van der Waals surface area (Å²) in [4.78, 5) is 50.0. The van der Waals surface area contributed by atoms with E-state index < -0.39 is 23.7 Å². The van der Waals surface area contributed by atoms with Gasteiger partial charge in [0.05, 0.1) is 112 Å². The highest BCUT2D eigenvalue weighted by Crippen LogP contribution is 2.51. The summed E-state index contributed by atoms with van der Waals surface area (Å²) in [6.07, 6.45) is 18.0. The van der Waals surface area contributed by atoms with Gasteiger partial charge in [-0.15, -0.1) is 24.0 Å². The minimum atomic E-state index is -1.01. The maximum Gasteiger partial charge on any atom is 0.356 e. The molecule has 9 atom stereocenters. The number of hydrogen-bond donors (Lipinski definition) is 2. The number of methoxy groups -OCH3 is 2. The molecular weight excluding hydrogens is 1600 g/mol. The Morgan fingerprint density at radius 1 is 0.491 bits per heavy atom. The standard InChI is InChI=1S/C26H25Cl2N3O4.C25H23Cl2N3O4.C19H20Cl2N2O2.C7H6FNO2.HI/c1-33-26(32)21-8-7-16(11-29-21)31-12-15-9-17(31)10-22(15)34-13-18-24(30-35-25(18)14-5-6-14)23-19(27)3-2-4-20(23)28;26-18-2-1-3-19(27)22(18)23-17(24(34-29-23)13-4-5-13)12-33-21-9-16-8-14(21)11-30(16)15-6-7-20(25(31)32)28-10-15;20-14-2-1-3-15(21)17(14)18-13(19(25-23-18)10-4-5-10)9-24-16-7-12-6-11(16)8-22-12;1-11-7(10)6-3-2-5(8)4-9-6;/h2-4,7-8,11,14-15,17,22H,5-6,9-10,12-13H2,1H3;1-3,6-7,10,13-14,16,21H,4-5,8-9,11-12H2,(H,31,32);1-3,10-12,16,22H,4-9H2;2-4H,1H3;1H/t15-,17-,22+;14-,16-,21+;11-,12-,16+;;/m000../s1. The van der Waals surface area contributed by atoms with Crippen LogP contribution in [0.2, 0.25) is 30.1 Å². The molecule has 6 aliphatic carbocycles. The van der Waals surface area contributed by atoms with Crippen LogP contribution in [-0.2, 0) is 43.5 Å². The van der Waals surface area contributed by atoms with Gasteiger partial charge in [-0.05, 0) is 156 Å². The summed E-state index contributed by atoms with van der Waals surface area (Å²) in [7, 11) is 2.60. The number of pyridine rings is 3. The van der Waals surface area contributed by atoms with Gasteiger partial charge >= 0.3 is 17.9 Å². The van der Waals surface area contributed by atoms with Crippen molar-refractivity contribution in [2.75, 3.05) is 43.7 Å². The second-order valence-corrected chi connectivity index (χ2v) is 30.6. The highest BCUT2D eigenvalue weighted by atomic mass is 127. The number of piperidine rings is 3. The molecule has 9 fully saturated rings. The lowest BCUT2D eigenvalue weighted by molar-refractivity contribution is 0.00912. The van der Waals surface area contributed by atoms with Gasteiger partial charge in [-0.3, -0.25) is 0 Å². The quantitative estimate of drug-likeness (QED) is 0.0531. The lowest BCUT2D eigenvalue weighted by Crippen LogP contribution is -2.38. The smallest absolute Gasteiger partial charge is 0.356 e. The molecule has 6 aromatic heterocycles. The summed E-state index contributed by atoms with van der Waals surface area (Å²) in [5.74, 6) is 2.96. The molecule has 0 radical (unpaired) electrons. The van der Waals surface area contributed by atoms with Crippen LogP contribution in [0.15, 0.2) is 123 Å². The van der Waals surface area contributed by atoms with Crippen LogP contribution in [0.5, 0.6) is 0 Å². The number of carbonyl (C=O) groups is 3. The van der Waals surface area contributed by atoms with E-state index in [0.29, 0.717) is 138 Å². The highest BCUT2D eigenvalue weighted by Gasteiger charge is 2.48. The maximum atomic E-state index is 12.2. The Hall–Kier alpha value is -7.01. The SMILES string of the molecule is COC(=O)c1ccc(F)cn1.COC(=O)c1ccc(N2C[C@@H]3C[C@H]2C[C@H]3OCc2c(-c3c(Cl)cccc3Cl)noc2C2CC2)cn1.Clc1cccc(Cl)c1-c1noc(C2CC2)c1CO[C@@H]1C[C@@H]2C[C@H]1CN2.I.O=C(O)c1ccc(N2C[C@@H]3C[C@H]2C[C@H]3OCc2c(-c3c(Cl)cccc3Cl)noc2C2CC2)cn1. The molecule has 9 aliphatic rings. The first-order valence-corrected chi connectivity index (χ1v) is 37.6. The number of carboxylic acid groups (broad SMARTS) is 1. The van der Waals surface area contributed by atoms with Gasteiger partial charge in [-0.25, -0.2) is 33.7 Å². The second kappa shape index (κ2) is 33.1. The van der Waals surface area contributed by atoms with E-state index in [4.69, 9.17) is 107 Å². The first-order chi connectivity index (χ1) is 51.0. The summed E-state index contributed by atoms with van der Waals surface area (Å²) in [5.41, 5.74) is 9.63. The predicted octanol–water partition coefficient (Wildman–Crippen LogP) is 18.1. The molecule has 9 heterocycles. The zero-order valence-corrected chi connectivity index (χ0v) is 64.5. The van der Waals surface area contributed by atoms with Gasteiger partial charge in [0.1, 0.15) is 57.3 Å². The number of nitrogens with zero attached hydrogens (tertiary/aromatic N) is 8. The number of carboxylic acids is 1. The molecule has 0 amide bonds. The van der Waals surface area contributed by atoms with Gasteiger partial charge < -0.3 is 57.5 Å². The van der Waals surface area contributed by atoms with Crippen molar-refractivity contribution in [3.05, 3.63) is 197 Å². The number of aromatic nitrogens is 6. The highest BCUT2D eigenvalue weighted by molar-refractivity contribution is 14.0. The van der Waals surface area contributed by atoms with Crippen molar-refractivity contribution < 1.29 is 61.1 Å². The van der Waals surface area contributed by atoms with E-state index in [2.05, 4.69) is 50.3 Å². The van der Waals surface area contributed by atoms with E-state index in [1.54, 1.807) is 36.7 Å². The van der Waals surface area contributed by atoms with E-state index in [1.807, 2.05) is 54.6 Å². The van der Waals surface area contributed by atoms with Crippen LogP contribution in [-0.4, -0.2) is 124 Å². The van der Waals surface area contributed by atoms with Crippen LogP contribution < -0.4 is 15.1 Å². The molecule has 556 valence electrons. The third-order valence-electron chi connectivity index (χ3n) is 21.4. The molecule has 3 aliphatic heterocycles. The van der Waals surface area contributed by atoms with E-state index in [9.17, 15) is 18.8 Å². The van der Waals surface area contributed by atoms with Crippen molar-refractivity contribution in [3.63, 3.8) is 0 Å². The summed E-state index contributed by atoms with van der Waals surface area (Å²) in [6.45, 7) is 4.19. The minimum absolute atomic E-state index is 0. The molecule has 0 spiro atoms. The number of anilines is 2. The number of nitrogens with one attached hydrogen (secondary N) is 1. The third kappa shape index (κ3) is 16.5. The first kappa shape index (κ1) is 75.8. The van der Waals surface area contributed by atoms with E-state index in [1.165, 1.54) is 26.7 Å². The van der Waals surface area contributed by atoms with E-state index >= 15 is 0 Å². The molecule has 29 heteroatoms. The largest absolute Gasteiger partial charge is 0.477 e. The summed E-state index contributed by atoms with van der Waals surface area (Å²) in [5, 5.41) is 29.0. The van der Waals surface area contributed by atoms with Gasteiger partial charge in [-0.1, -0.05) is 103 Å². The Morgan fingerprint density at radius 3 is 1.15 bits per heavy atom. The molecule has 106 heavy (non-hydrogen) atoms. The Balaban J connectivity index is 0.000000125.